The normalized spacial score (nSPS) is 23.7. The summed E-state index contributed by atoms with van der Waals surface area (Å²) in [4.78, 5) is 11.7. The van der Waals surface area contributed by atoms with Crippen LogP contribution in [0.2, 0.25) is 0 Å². The van der Waals surface area contributed by atoms with Crippen LogP contribution in [0.4, 0.5) is 0 Å². The number of methoxy groups -OCH3 is 1. The number of hydrogen-bond acceptors (Lipinski definition) is 4. The van der Waals surface area contributed by atoms with Crippen LogP contribution in [0.3, 0.4) is 0 Å². The molecule has 6 heteroatoms. The molecular formula is C15H14Br2O4. The van der Waals surface area contributed by atoms with Crippen molar-refractivity contribution < 1.29 is 13.9 Å². The van der Waals surface area contributed by atoms with Crippen molar-refractivity contribution in [1.29, 1.82) is 0 Å². The molecule has 0 N–H and O–H groups in total. The van der Waals surface area contributed by atoms with Gasteiger partial charge in [0.2, 0.25) is 0 Å². The standard InChI is InChI=1S/C15H14Br2O4/c1-15(2)13(17)12(19-3)10-9(21-15)5-4-7-6-8(16)14(18)20-11(7)10/h4-6,12-13H,1-3H3/t12-,13+/m0/s1. The number of halogens is 2. The molecule has 0 radical (unpaired) electrons. The summed E-state index contributed by atoms with van der Waals surface area (Å²) in [5.41, 5.74) is 0.423. The summed E-state index contributed by atoms with van der Waals surface area (Å²) in [7, 11) is 1.64. The maximum absolute atomic E-state index is 11.8. The van der Waals surface area contributed by atoms with Crippen LogP contribution in [0.1, 0.15) is 25.5 Å². The third kappa shape index (κ3) is 2.33. The second kappa shape index (κ2) is 5.11. The summed E-state index contributed by atoms with van der Waals surface area (Å²) in [6.07, 6.45) is -0.267. The Labute approximate surface area is 138 Å². The van der Waals surface area contributed by atoms with E-state index in [4.69, 9.17) is 13.9 Å². The minimum Gasteiger partial charge on any atom is -0.486 e. The van der Waals surface area contributed by atoms with Gasteiger partial charge >= 0.3 is 5.63 Å². The summed E-state index contributed by atoms with van der Waals surface area (Å²) in [5, 5.41) is 0.824. The fraction of sp³-hybridized carbons (Fsp3) is 0.400. The van der Waals surface area contributed by atoms with E-state index in [1.807, 2.05) is 26.0 Å². The molecule has 1 aromatic carbocycles. The Morgan fingerprint density at radius 3 is 2.71 bits per heavy atom. The van der Waals surface area contributed by atoms with Gasteiger partial charge in [-0.25, -0.2) is 4.79 Å². The lowest BCUT2D eigenvalue weighted by Crippen LogP contribution is -2.46. The zero-order valence-corrected chi connectivity index (χ0v) is 14.9. The van der Waals surface area contributed by atoms with Crippen LogP contribution < -0.4 is 10.4 Å². The summed E-state index contributed by atoms with van der Waals surface area (Å²) in [5.74, 6) is 0.681. The highest BCUT2D eigenvalue weighted by Gasteiger charge is 2.44. The summed E-state index contributed by atoms with van der Waals surface area (Å²) < 4.78 is 17.5. The highest BCUT2D eigenvalue weighted by Crippen LogP contribution is 2.47. The molecule has 0 aliphatic carbocycles. The van der Waals surface area contributed by atoms with Gasteiger partial charge in [-0.05, 0) is 48.0 Å². The van der Waals surface area contributed by atoms with E-state index in [0.717, 1.165) is 10.9 Å². The Kier molecular flexibility index (Phi) is 3.66. The molecule has 0 spiro atoms. The quantitative estimate of drug-likeness (QED) is 0.515. The molecule has 112 valence electrons. The first-order chi connectivity index (χ1) is 9.85. The first-order valence-corrected chi connectivity index (χ1v) is 8.18. The van der Waals surface area contributed by atoms with Gasteiger partial charge in [-0.2, -0.15) is 0 Å². The van der Waals surface area contributed by atoms with Crippen molar-refractivity contribution in [3.8, 4) is 5.75 Å². The van der Waals surface area contributed by atoms with Gasteiger partial charge in [0.1, 0.15) is 27.5 Å². The summed E-state index contributed by atoms with van der Waals surface area (Å²) >= 11 is 6.84. The van der Waals surface area contributed by atoms with Gasteiger partial charge in [-0.1, -0.05) is 15.9 Å². The first kappa shape index (κ1) is 15.1. The zero-order chi connectivity index (χ0) is 15.4. The third-order valence-electron chi connectivity index (χ3n) is 3.70. The topological polar surface area (TPSA) is 48.7 Å². The van der Waals surface area contributed by atoms with E-state index in [9.17, 15) is 4.79 Å². The van der Waals surface area contributed by atoms with E-state index in [0.29, 0.717) is 15.8 Å². The van der Waals surface area contributed by atoms with Gasteiger partial charge in [-0.3, -0.25) is 0 Å². The summed E-state index contributed by atoms with van der Waals surface area (Å²) in [6, 6.07) is 5.51. The Morgan fingerprint density at radius 1 is 1.33 bits per heavy atom. The largest absolute Gasteiger partial charge is 0.486 e. The van der Waals surface area contributed by atoms with Crippen LogP contribution in [0.15, 0.2) is 31.9 Å². The van der Waals surface area contributed by atoms with Crippen LogP contribution in [0, 0.1) is 0 Å². The van der Waals surface area contributed by atoms with E-state index >= 15 is 0 Å². The Hall–Kier alpha value is -0.850. The molecule has 2 heterocycles. The number of benzene rings is 1. The fourth-order valence-corrected chi connectivity index (χ4v) is 3.51. The minimum atomic E-state index is -0.434. The lowest BCUT2D eigenvalue weighted by Gasteiger charge is -2.41. The van der Waals surface area contributed by atoms with E-state index in [-0.39, 0.29) is 10.9 Å². The van der Waals surface area contributed by atoms with Crippen molar-refractivity contribution in [2.45, 2.75) is 30.4 Å². The second-order valence-electron chi connectivity index (χ2n) is 5.54. The van der Waals surface area contributed by atoms with Crippen molar-refractivity contribution in [1.82, 2.24) is 0 Å². The van der Waals surface area contributed by atoms with Gasteiger partial charge in [0.25, 0.3) is 0 Å². The SMILES string of the molecule is CO[C@H]1c2c(ccc3cc(Br)c(=O)oc23)OC(C)(C)[C@@H]1Br. The number of alkyl halides is 1. The Bertz CT molecular complexity index is 766. The molecule has 0 saturated heterocycles. The van der Waals surface area contributed by atoms with Gasteiger partial charge < -0.3 is 13.9 Å². The average Bonchev–Trinajstić information content (AvgIpc) is 2.42. The van der Waals surface area contributed by atoms with E-state index in [1.54, 1.807) is 13.2 Å². The third-order valence-corrected chi connectivity index (χ3v) is 5.84. The lowest BCUT2D eigenvalue weighted by atomic mass is 9.90. The second-order valence-corrected chi connectivity index (χ2v) is 7.38. The average molecular weight is 418 g/mol. The Morgan fingerprint density at radius 2 is 2.05 bits per heavy atom. The van der Waals surface area contributed by atoms with E-state index in [1.165, 1.54) is 0 Å². The molecule has 2 aromatic rings. The minimum absolute atomic E-state index is 0.0675. The van der Waals surface area contributed by atoms with Crippen molar-refractivity contribution >= 4 is 42.8 Å². The molecule has 3 rings (SSSR count). The van der Waals surface area contributed by atoms with Crippen molar-refractivity contribution in [2.24, 2.45) is 0 Å². The van der Waals surface area contributed by atoms with Gasteiger partial charge in [0.05, 0.1) is 10.4 Å². The predicted molar refractivity (Wildman–Crippen MR) is 87.4 cm³/mol. The maximum atomic E-state index is 11.8. The number of ether oxygens (including phenoxy) is 2. The lowest BCUT2D eigenvalue weighted by molar-refractivity contribution is -0.0000864. The van der Waals surface area contributed by atoms with Crippen LogP contribution >= 0.6 is 31.9 Å². The van der Waals surface area contributed by atoms with Gasteiger partial charge in [0.15, 0.2) is 0 Å². The molecule has 1 aliphatic heterocycles. The number of hydrogen-bond donors (Lipinski definition) is 0. The molecule has 0 bridgehead atoms. The number of rotatable bonds is 1. The molecule has 0 amide bonds. The van der Waals surface area contributed by atoms with Crippen molar-refractivity contribution in [3.05, 3.63) is 38.7 Å². The molecule has 21 heavy (non-hydrogen) atoms. The Balaban J connectivity index is 2.35. The fourth-order valence-electron chi connectivity index (χ4n) is 2.61. The highest BCUT2D eigenvalue weighted by atomic mass is 79.9. The van der Waals surface area contributed by atoms with Crippen LogP contribution in [-0.4, -0.2) is 17.5 Å². The molecule has 4 nitrogen and oxygen atoms in total. The zero-order valence-electron chi connectivity index (χ0n) is 11.8. The first-order valence-electron chi connectivity index (χ1n) is 6.47. The molecule has 1 aromatic heterocycles. The molecular weight excluding hydrogens is 404 g/mol. The van der Waals surface area contributed by atoms with Gasteiger partial charge in [0, 0.05) is 12.5 Å². The van der Waals surface area contributed by atoms with E-state index in [2.05, 4.69) is 31.9 Å². The van der Waals surface area contributed by atoms with Crippen LogP contribution in [-0.2, 0) is 4.74 Å². The van der Waals surface area contributed by atoms with Crippen LogP contribution in [0.25, 0.3) is 11.0 Å². The molecule has 0 unspecified atom stereocenters. The molecule has 1 aliphatic rings. The maximum Gasteiger partial charge on any atom is 0.350 e. The molecule has 0 fully saturated rings. The molecule has 2 atom stereocenters. The predicted octanol–water partition coefficient (Wildman–Crippen LogP) is 4.18. The van der Waals surface area contributed by atoms with Crippen molar-refractivity contribution in [3.63, 3.8) is 0 Å². The molecule has 0 saturated carbocycles. The number of fused-ring (bicyclic) bond motifs is 3. The summed E-state index contributed by atoms with van der Waals surface area (Å²) in [6.45, 7) is 3.98. The highest BCUT2D eigenvalue weighted by molar-refractivity contribution is 9.10. The van der Waals surface area contributed by atoms with Crippen molar-refractivity contribution in [2.75, 3.05) is 7.11 Å². The monoisotopic (exact) mass is 416 g/mol. The van der Waals surface area contributed by atoms with Crippen LogP contribution in [0.5, 0.6) is 5.75 Å². The van der Waals surface area contributed by atoms with Gasteiger partial charge in [-0.15, -0.1) is 0 Å². The van der Waals surface area contributed by atoms with E-state index < -0.39 is 11.2 Å². The smallest absolute Gasteiger partial charge is 0.350 e.